The molecule has 0 saturated carbocycles. The first kappa shape index (κ1) is 20.7. The van der Waals surface area contributed by atoms with Gasteiger partial charge in [0.05, 0.1) is 18.2 Å². The number of carbonyl (C=O) groups excluding carboxylic acids is 1. The van der Waals surface area contributed by atoms with Crippen molar-refractivity contribution in [3.05, 3.63) is 59.5 Å². The van der Waals surface area contributed by atoms with Gasteiger partial charge in [-0.05, 0) is 49.6 Å². The highest BCUT2D eigenvalue weighted by Gasteiger charge is 2.28. The zero-order valence-corrected chi connectivity index (χ0v) is 18.2. The van der Waals surface area contributed by atoms with E-state index >= 15 is 0 Å². The first-order chi connectivity index (χ1) is 14.4. The van der Waals surface area contributed by atoms with Gasteiger partial charge in [0, 0.05) is 18.0 Å². The first-order valence-electron chi connectivity index (χ1n) is 9.77. The fraction of sp³-hybridized carbons (Fsp3) is 0.350. The van der Waals surface area contributed by atoms with E-state index in [4.69, 9.17) is 0 Å². The predicted octanol–water partition coefficient (Wildman–Crippen LogP) is 2.53. The van der Waals surface area contributed by atoms with Crippen LogP contribution in [0.2, 0.25) is 0 Å². The molecule has 10 heteroatoms. The van der Waals surface area contributed by atoms with Crippen LogP contribution in [0.25, 0.3) is 5.69 Å². The van der Waals surface area contributed by atoms with Crippen molar-refractivity contribution < 1.29 is 13.2 Å². The van der Waals surface area contributed by atoms with Crippen molar-refractivity contribution in [1.82, 2.24) is 24.4 Å². The van der Waals surface area contributed by atoms with Crippen LogP contribution in [0.15, 0.2) is 53.3 Å². The lowest BCUT2D eigenvalue weighted by Crippen LogP contribution is -2.28. The number of hydrogen-bond donors (Lipinski definition) is 1. The summed E-state index contributed by atoms with van der Waals surface area (Å²) in [5.41, 5.74) is 1.86. The lowest BCUT2D eigenvalue weighted by molar-refractivity contribution is -0.121. The van der Waals surface area contributed by atoms with Crippen molar-refractivity contribution in [1.29, 1.82) is 0 Å². The summed E-state index contributed by atoms with van der Waals surface area (Å²) in [5, 5.41) is 7.07. The number of benzene rings is 1. The summed E-state index contributed by atoms with van der Waals surface area (Å²) < 4.78 is 28.8. The molecule has 1 aliphatic heterocycles. The highest BCUT2D eigenvalue weighted by atomic mass is 32.2. The molecule has 1 amide bonds. The number of amides is 1. The Morgan fingerprint density at radius 2 is 1.90 bits per heavy atom. The van der Waals surface area contributed by atoms with Gasteiger partial charge in [-0.2, -0.15) is 9.40 Å². The van der Waals surface area contributed by atoms with Gasteiger partial charge in [0.2, 0.25) is 5.91 Å². The molecule has 0 bridgehead atoms. The number of sulfonamides is 1. The predicted molar refractivity (Wildman–Crippen MR) is 114 cm³/mol. The number of hydrogen-bond acceptors (Lipinski definition) is 6. The van der Waals surface area contributed by atoms with Crippen molar-refractivity contribution in [2.75, 3.05) is 13.1 Å². The third-order valence-corrected chi connectivity index (χ3v) is 8.54. The highest BCUT2D eigenvalue weighted by Crippen LogP contribution is 2.27. The van der Waals surface area contributed by atoms with Crippen molar-refractivity contribution in [3.63, 3.8) is 0 Å². The van der Waals surface area contributed by atoms with E-state index in [1.807, 2.05) is 31.2 Å². The molecule has 1 saturated heterocycles. The lowest BCUT2D eigenvalue weighted by Gasteiger charge is -2.15. The minimum atomic E-state index is -3.43. The summed E-state index contributed by atoms with van der Waals surface area (Å²) in [7, 11) is -3.43. The third kappa shape index (κ3) is 4.45. The zero-order chi connectivity index (χ0) is 21.1. The maximum atomic E-state index is 12.6. The topological polar surface area (TPSA) is 97.2 Å². The Hall–Kier alpha value is -2.56. The molecule has 3 aromatic rings. The molecule has 8 nitrogen and oxygen atoms in total. The van der Waals surface area contributed by atoms with Crippen LogP contribution in [-0.4, -0.2) is 46.5 Å². The normalized spacial score (nSPS) is 15.9. The maximum absolute atomic E-state index is 12.6. The summed E-state index contributed by atoms with van der Waals surface area (Å²) in [6.07, 6.45) is 5.05. The Balaban J connectivity index is 1.36. The molecule has 0 radical (unpaired) electrons. The van der Waals surface area contributed by atoms with Crippen molar-refractivity contribution >= 4 is 27.3 Å². The van der Waals surface area contributed by atoms with E-state index in [0.717, 1.165) is 29.0 Å². The van der Waals surface area contributed by atoms with Gasteiger partial charge in [-0.1, -0.05) is 12.1 Å². The minimum absolute atomic E-state index is 0.144. The number of nitrogens with one attached hydrogen (secondary N) is 1. The van der Waals surface area contributed by atoms with E-state index in [0.29, 0.717) is 17.3 Å². The van der Waals surface area contributed by atoms with Crippen molar-refractivity contribution in [2.24, 2.45) is 0 Å². The van der Waals surface area contributed by atoms with Gasteiger partial charge in [-0.25, -0.2) is 18.1 Å². The van der Waals surface area contributed by atoms with Crippen LogP contribution in [0.4, 0.5) is 0 Å². The summed E-state index contributed by atoms with van der Waals surface area (Å²) in [4.78, 5) is 17.1. The second kappa shape index (κ2) is 8.66. The number of rotatable bonds is 7. The SMILES string of the molecule is CC(NC(=O)Cc1ccc(S(=O)(=O)N2CCCC2)s1)c1ccc(-n2cncn2)cc1. The van der Waals surface area contributed by atoms with Gasteiger partial charge in [-0.3, -0.25) is 4.79 Å². The van der Waals surface area contributed by atoms with Crippen LogP contribution in [-0.2, 0) is 21.2 Å². The highest BCUT2D eigenvalue weighted by molar-refractivity contribution is 7.91. The smallest absolute Gasteiger partial charge is 0.252 e. The van der Waals surface area contributed by atoms with E-state index in [1.54, 1.807) is 23.1 Å². The second-order valence-corrected chi connectivity index (χ2v) is 10.6. The quantitative estimate of drug-likeness (QED) is 0.603. The van der Waals surface area contributed by atoms with Gasteiger partial charge in [0.15, 0.2) is 0 Å². The first-order valence-corrected chi connectivity index (χ1v) is 12.0. The van der Waals surface area contributed by atoms with Crippen LogP contribution in [0.5, 0.6) is 0 Å². The largest absolute Gasteiger partial charge is 0.349 e. The second-order valence-electron chi connectivity index (χ2n) is 7.23. The summed E-state index contributed by atoms with van der Waals surface area (Å²) >= 11 is 1.17. The van der Waals surface area contributed by atoms with Crippen LogP contribution < -0.4 is 5.32 Å². The maximum Gasteiger partial charge on any atom is 0.252 e. The van der Waals surface area contributed by atoms with Gasteiger partial charge >= 0.3 is 0 Å². The molecule has 1 atom stereocenters. The Morgan fingerprint density at radius 1 is 1.17 bits per heavy atom. The van der Waals surface area contributed by atoms with Crippen LogP contribution in [0.3, 0.4) is 0 Å². The van der Waals surface area contributed by atoms with Crippen LogP contribution in [0, 0.1) is 0 Å². The summed E-state index contributed by atoms with van der Waals surface area (Å²) in [6, 6.07) is 10.9. The molecule has 30 heavy (non-hydrogen) atoms. The molecule has 158 valence electrons. The monoisotopic (exact) mass is 445 g/mol. The molecule has 1 aliphatic rings. The average molecular weight is 446 g/mol. The molecule has 0 spiro atoms. The molecule has 1 unspecified atom stereocenters. The van der Waals surface area contributed by atoms with E-state index in [1.165, 1.54) is 22.0 Å². The zero-order valence-electron chi connectivity index (χ0n) is 16.6. The van der Waals surface area contributed by atoms with Gasteiger partial charge in [0.1, 0.15) is 16.9 Å². The van der Waals surface area contributed by atoms with Gasteiger partial charge < -0.3 is 5.32 Å². The fourth-order valence-corrected chi connectivity index (χ4v) is 6.46. The minimum Gasteiger partial charge on any atom is -0.349 e. The Kier molecular flexibility index (Phi) is 5.98. The van der Waals surface area contributed by atoms with Crippen LogP contribution >= 0.6 is 11.3 Å². The molecule has 1 aromatic carbocycles. The number of thiophene rings is 1. The molecule has 1 fully saturated rings. The molecule has 1 N–H and O–H groups in total. The molecule has 2 aromatic heterocycles. The fourth-order valence-electron chi connectivity index (χ4n) is 3.44. The Labute approximate surface area is 179 Å². The van der Waals surface area contributed by atoms with Crippen molar-refractivity contribution in [2.45, 2.75) is 36.4 Å². The number of nitrogens with zero attached hydrogens (tertiary/aromatic N) is 4. The van der Waals surface area contributed by atoms with Gasteiger partial charge in [-0.15, -0.1) is 11.3 Å². The molecular weight excluding hydrogens is 422 g/mol. The van der Waals surface area contributed by atoms with E-state index in [2.05, 4.69) is 15.4 Å². The Bertz CT molecular complexity index is 1100. The number of aromatic nitrogens is 3. The summed E-state index contributed by atoms with van der Waals surface area (Å²) in [5.74, 6) is -0.144. The van der Waals surface area contributed by atoms with E-state index < -0.39 is 10.0 Å². The van der Waals surface area contributed by atoms with Crippen molar-refractivity contribution in [3.8, 4) is 5.69 Å². The number of carbonyl (C=O) groups is 1. The summed E-state index contributed by atoms with van der Waals surface area (Å²) in [6.45, 7) is 3.06. The average Bonchev–Trinajstić information content (AvgIpc) is 3.50. The molecule has 0 aliphatic carbocycles. The van der Waals surface area contributed by atoms with Gasteiger partial charge in [0.25, 0.3) is 10.0 Å². The molecular formula is C20H23N5O3S2. The molecule has 3 heterocycles. The standard InChI is InChI=1S/C20H23N5O3S2/c1-15(16-4-6-17(7-5-16)25-14-21-13-22-25)23-19(26)12-18-8-9-20(29-18)30(27,28)24-10-2-3-11-24/h4-9,13-15H,2-3,10-12H2,1H3,(H,23,26). The third-order valence-electron chi connectivity index (χ3n) is 5.08. The lowest BCUT2D eigenvalue weighted by atomic mass is 10.1. The van der Waals surface area contributed by atoms with E-state index in [-0.39, 0.29) is 18.4 Å². The Morgan fingerprint density at radius 3 is 2.57 bits per heavy atom. The van der Waals surface area contributed by atoms with Crippen LogP contribution in [0.1, 0.15) is 36.2 Å². The molecule has 4 rings (SSSR count). The van der Waals surface area contributed by atoms with E-state index in [9.17, 15) is 13.2 Å².